The van der Waals surface area contributed by atoms with E-state index in [0.717, 1.165) is 33.5 Å². The van der Waals surface area contributed by atoms with Crippen LogP contribution in [0.3, 0.4) is 0 Å². The summed E-state index contributed by atoms with van der Waals surface area (Å²) >= 11 is 12.5. The molecule has 7 nitrogen and oxygen atoms in total. The van der Waals surface area contributed by atoms with Crippen LogP contribution in [0.5, 0.6) is 0 Å². The van der Waals surface area contributed by atoms with Gasteiger partial charge in [0, 0.05) is 45.3 Å². The number of hydrogen-bond donors (Lipinski definition) is 2. The Kier molecular flexibility index (Phi) is 10.0. The summed E-state index contributed by atoms with van der Waals surface area (Å²) in [5.41, 5.74) is 7.16. The van der Waals surface area contributed by atoms with Gasteiger partial charge in [0.2, 0.25) is 0 Å². The zero-order chi connectivity index (χ0) is 33.1. The zero-order valence-corrected chi connectivity index (χ0v) is 28.0. The molecule has 10 heteroatoms. The number of halogens is 2. The van der Waals surface area contributed by atoms with Crippen LogP contribution in [0.25, 0.3) is 22.5 Å². The Labute approximate surface area is 279 Å². The van der Waals surface area contributed by atoms with Gasteiger partial charge in [-0.05, 0) is 58.4 Å². The first kappa shape index (κ1) is 33.4. The van der Waals surface area contributed by atoms with Crippen LogP contribution in [0.15, 0.2) is 102 Å². The fraction of sp³-hybridized carbons (Fsp3) is 0.222. The van der Waals surface area contributed by atoms with Crippen LogP contribution in [-0.4, -0.2) is 36.3 Å². The lowest BCUT2D eigenvalue weighted by Crippen LogP contribution is -2.28. The Hall–Kier alpha value is -3.95. The van der Waals surface area contributed by atoms with E-state index in [2.05, 4.69) is 55.5 Å². The minimum Gasteiger partial charge on any atom is -0.356 e. The third-order valence-corrected chi connectivity index (χ3v) is 9.05. The molecule has 1 unspecified atom stereocenters. The monoisotopic (exact) mass is 676 g/mol. The number of nitrogens with zero attached hydrogens (tertiary/aromatic N) is 1. The van der Waals surface area contributed by atoms with E-state index < -0.39 is 21.8 Å². The normalized spacial score (nSPS) is 12.6. The molecular weight excluding hydrogens is 643 g/mol. The highest BCUT2D eigenvalue weighted by atomic mass is 35.5. The van der Waals surface area contributed by atoms with Gasteiger partial charge in [0.05, 0.1) is 11.4 Å². The first-order chi connectivity index (χ1) is 21.8. The second-order valence-corrected chi connectivity index (χ2v) is 14.6. The van der Waals surface area contributed by atoms with E-state index in [1.165, 1.54) is 5.56 Å². The van der Waals surface area contributed by atoms with Gasteiger partial charge in [-0.1, -0.05) is 116 Å². The predicted molar refractivity (Wildman–Crippen MR) is 183 cm³/mol. The lowest BCUT2D eigenvalue weighted by Gasteiger charge is -2.21. The average Bonchev–Trinajstić information content (AvgIpc) is 3.49. The molecule has 0 saturated heterocycles. The average molecular weight is 678 g/mol. The molecule has 0 radical (unpaired) electrons. The van der Waals surface area contributed by atoms with Gasteiger partial charge in [0.15, 0.2) is 5.76 Å². The Morgan fingerprint density at radius 2 is 1.54 bits per heavy atom. The summed E-state index contributed by atoms with van der Waals surface area (Å²) in [4.78, 5) is 12.5. The van der Waals surface area contributed by atoms with Crippen LogP contribution in [0.4, 0.5) is 0 Å². The van der Waals surface area contributed by atoms with Crippen LogP contribution in [0, 0.1) is 0 Å². The molecule has 2 N–H and O–H groups in total. The van der Waals surface area contributed by atoms with E-state index in [-0.39, 0.29) is 17.9 Å². The molecule has 1 heterocycles. The lowest BCUT2D eigenvalue weighted by molar-refractivity contribution is 0.0956. The van der Waals surface area contributed by atoms with Crippen LogP contribution in [0.1, 0.15) is 59.4 Å². The zero-order valence-electron chi connectivity index (χ0n) is 25.6. The van der Waals surface area contributed by atoms with Crippen molar-refractivity contribution in [2.24, 2.45) is 0 Å². The highest BCUT2D eigenvalue weighted by Gasteiger charge is 2.22. The minimum atomic E-state index is -4.16. The van der Waals surface area contributed by atoms with E-state index in [1.54, 1.807) is 18.2 Å². The van der Waals surface area contributed by atoms with Gasteiger partial charge in [-0.15, -0.1) is 0 Å². The van der Waals surface area contributed by atoms with Crippen LogP contribution in [-0.2, 0) is 22.0 Å². The Morgan fingerprint density at radius 3 is 2.15 bits per heavy atom. The maximum atomic E-state index is 12.5. The van der Waals surface area contributed by atoms with Crippen molar-refractivity contribution in [2.45, 2.75) is 38.5 Å². The molecule has 238 valence electrons. The summed E-state index contributed by atoms with van der Waals surface area (Å²) in [6, 6.07) is 31.0. The van der Waals surface area contributed by atoms with E-state index in [1.807, 2.05) is 54.6 Å². The van der Waals surface area contributed by atoms with E-state index in [0.29, 0.717) is 27.8 Å². The first-order valence-electron chi connectivity index (χ1n) is 14.7. The van der Waals surface area contributed by atoms with Crippen LogP contribution >= 0.6 is 23.2 Å². The topological polar surface area (TPSA) is 110 Å². The third kappa shape index (κ3) is 8.44. The van der Waals surface area contributed by atoms with Gasteiger partial charge >= 0.3 is 0 Å². The van der Waals surface area contributed by atoms with Gasteiger partial charge in [-0.25, -0.2) is 0 Å². The SMILES string of the molecule is CC(C)(C)c1ccc(C(Cc2ccc(C(=O)NCCS(=O)(=O)O)cc2)c2cc(-c3ccc(-c4ccc(Cl)cc4Cl)cc3)on2)cc1. The van der Waals surface area contributed by atoms with Gasteiger partial charge in [0.25, 0.3) is 16.0 Å². The minimum absolute atomic E-state index is 0.00918. The number of aromatic nitrogens is 1. The van der Waals surface area contributed by atoms with Crippen molar-refractivity contribution in [1.82, 2.24) is 10.5 Å². The van der Waals surface area contributed by atoms with Gasteiger partial charge in [-0.2, -0.15) is 8.42 Å². The van der Waals surface area contributed by atoms with E-state index in [4.69, 9.17) is 32.3 Å². The van der Waals surface area contributed by atoms with Crippen molar-refractivity contribution >= 4 is 39.2 Å². The smallest absolute Gasteiger partial charge is 0.266 e. The fourth-order valence-corrected chi connectivity index (χ4v) is 6.04. The third-order valence-electron chi connectivity index (χ3n) is 7.78. The van der Waals surface area contributed by atoms with Crippen LogP contribution in [0.2, 0.25) is 10.0 Å². The van der Waals surface area contributed by atoms with E-state index >= 15 is 0 Å². The van der Waals surface area contributed by atoms with Crippen molar-refractivity contribution in [3.8, 4) is 22.5 Å². The molecule has 0 bridgehead atoms. The molecule has 4 aromatic carbocycles. The molecule has 0 saturated carbocycles. The molecule has 1 aromatic heterocycles. The summed E-state index contributed by atoms with van der Waals surface area (Å²) in [5.74, 6) is -0.465. The molecule has 0 spiro atoms. The van der Waals surface area contributed by atoms with Gasteiger partial charge in [-0.3, -0.25) is 9.35 Å². The molecule has 5 rings (SSSR count). The molecule has 46 heavy (non-hydrogen) atoms. The largest absolute Gasteiger partial charge is 0.356 e. The summed E-state index contributed by atoms with van der Waals surface area (Å²) in [5, 5.41) is 8.16. The lowest BCUT2D eigenvalue weighted by atomic mass is 9.83. The van der Waals surface area contributed by atoms with Crippen LogP contribution < -0.4 is 5.32 Å². The standard InChI is InChI=1S/C36H34Cl2N2O5S/c1-36(2,3)28-14-12-25(13-15-28)31(20-23-4-6-27(7-5-23)35(41)39-18-19-46(42,43)44)33-22-34(45-40-33)26-10-8-24(9-11-26)30-17-16-29(37)21-32(30)38/h4-17,21-22,31H,18-20H2,1-3H3,(H,39,41)(H,42,43,44). The fourth-order valence-electron chi connectivity index (χ4n) is 5.16. The quantitative estimate of drug-likeness (QED) is 0.143. The molecule has 0 aliphatic rings. The van der Waals surface area contributed by atoms with Crippen molar-refractivity contribution in [1.29, 1.82) is 0 Å². The summed E-state index contributed by atoms with van der Waals surface area (Å²) in [6.45, 7) is 6.35. The van der Waals surface area contributed by atoms with Crippen molar-refractivity contribution in [3.63, 3.8) is 0 Å². The maximum Gasteiger partial charge on any atom is 0.266 e. The second-order valence-electron chi connectivity index (χ2n) is 12.2. The first-order valence-corrected chi connectivity index (χ1v) is 17.1. The van der Waals surface area contributed by atoms with E-state index in [9.17, 15) is 13.2 Å². The summed E-state index contributed by atoms with van der Waals surface area (Å²) in [6.07, 6.45) is 0.597. The van der Waals surface area contributed by atoms with Crippen molar-refractivity contribution < 1.29 is 22.3 Å². The molecule has 0 fully saturated rings. The number of carbonyl (C=O) groups excluding carboxylic acids is 1. The molecule has 1 atom stereocenters. The number of rotatable bonds is 10. The Bertz CT molecular complexity index is 1930. The molecule has 0 aliphatic carbocycles. The van der Waals surface area contributed by atoms with Crippen molar-refractivity contribution in [3.05, 3.63) is 135 Å². The van der Waals surface area contributed by atoms with Gasteiger partial charge in [0.1, 0.15) is 0 Å². The molecular formula is C36H34Cl2N2O5S. The second kappa shape index (κ2) is 13.8. The van der Waals surface area contributed by atoms with Gasteiger partial charge < -0.3 is 9.84 Å². The number of amides is 1. The maximum absolute atomic E-state index is 12.5. The number of carbonyl (C=O) groups is 1. The summed E-state index contributed by atoms with van der Waals surface area (Å²) < 4.78 is 36.7. The molecule has 5 aromatic rings. The van der Waals surface area contributed by atoms with Crippen molar-refractivity contribution in [2.75, 3.05) is 12.3 Å². The predicted octanol–water partition coefficient (Wildman–Crippen LogP) is 8.61. The Balaban J connectivity index is 1.39. The highest BCUT2D eigenvalue weighted by Crippen LogP contribution is 2.35. The number of nitrogens with one attached hydrogen (secondary N) is 1. The number of benzene rings is 4. The highest BCUT2D eigenvalue weighted by molar-refractivity contribution is 7.85. The molecule has 1 amide bonds. The summed E-state index contributed by atoms with van der Waals surface area (Å²) in [7, 11) is -4.16. The molecule has 0 aliphatic heterocycles. The Morgan fingerprint density at radius 1 is 0.891 bits per heavy atom. The number of hydrogen-bond acceptors (Lipinski definition) is 5.